The predicted molar refractivity (Wildman–Crippen MR) is 89.9 cm³/mol. The zero-order chi connectivity index (χ0) is 17.3. The Bertz CT molecular complexity index is 1010. The maximum Gasteiger partial charge on any atom is 0.259 e. The molecule has 0 fully saturated rings. The highest BCUT2D eigenvalue weighted by Gasteiger charge is 2.15. The summed E-state index contributed by atoms with van der Waals surface area (Å²) in [6.45, 7) is 3.35. The van der Waals surface area contributed by atoms with Gasteiger partial charge in [0.05, 0.1) is 22.9 Å². The van der Waals surface area contributed by atoms with Crippen molar-refractivity contribution in [3.63, 3.8) is 0 Å². The molecule has 0 spiro atoms. The number of nitrogens with zero attached hydrogens (tertiary/aromatic N) is 2. The number of nitrogens with one attached hydrogen (secondary N) is 1. The number of rotatable bonds is 2. The number of aryl methyl sites for hydroxylation is 2. The van der Waals surface area contributed by atoms with Crippen LogP contribution in [0.5, 0.6) is 0 Å². The van der Waals surface area contributed by atoms with Gasteiger partial charge in [-0.25, -0.2) is 9.37 Å². The van der Waals surface area contributed by atoms with Crippen molar-refractivity contribution >= 4 is 0 Å². The first-order valence-corrected chi connectivity index (χ1v) is 7.37. The van der Waals surface area contributed by atoms with Gasteiger partial charge < -0.3 is 4.98 Å². The quantitative estimate of drug-likeness (QED) is 0.782. The van der Waals surface area contributed by atoms with E-state index in [1.165, 1.54) is 6.07 Å². The fourth-order valence-corrected chi connectivity index (χ4v) is 2.51. The standard InChI is InChI=1S/C19H14FN3O/c1-11-3-6-15(9-16(11)20)17-18(22-12(2)23-19(17)24)14-7-4-13(10-21)5-8-14/h3-9H,1-2H3,(H,22,23,24). The van der Waals surface area contributed by atoms with E-state index in [9.17, 15) is 9.18 Å². The minimum atomic E-state index is -0.377. The van der Waals surface area contributed by atoms with Crippen molar-refractivity contribution in [2.24, 2.45) is 0 Å². The van der Waals surface area contributed by atoms with Gasteiger partial charge in [0.1, 0.15) is 11.6 Å². The van der Waals surface area contributed by atoms with E-state index < -0.39 is 0 Å². The second-order valence-electron chi connectivity index (χ2n) is 5.53. The van der Waals surface area contributed by atoms with Gasteiger partial charge in [0, 0.05) is 5.56 Å². The summed E-state index contributed by atoms with van der Waals surface area (Å²) < 4.78 is 13.9. The molecule has 0 unspecified atom stereocenters. The Morgan fingerprint density at radius 1 is 1.08 bits per heavy atom. The van der Waals surface area contributed by atoms with Crippen molar-refractivity contribution in [3.05, 3.63) is 75.6 Å². The van der Waals surface area contributed by atoms with Crippen molar-refractivity contribution in [1.29, 1.82) is 5.26 Å². The Hall–Kier alpha value is -3.26. The van der Waals surface area contributed by atoms with Crippen molar-refractivity contribution in [1.82, 2.24) is 9.97 Å². The summed E-state index contributed by atoms with van der Waals surface area (Å²) in [6, 6.07) is 13.5. The van der Waals surface area contributed by atoms with E-state index in [0.717, 1.165) is 0 Å². The topological polar surface area (TPSA) is 69.5 Å². The number of H-pyrrole nitrogens is 1. The molecule has 0 radical (unpaired) electrons. The molecule has 5 heteroatoms. The molecule has 0 saturated heterocycles. The molecule has 4 nitrogen and oxygen atoms in total. The molecule has 118 valence electrons. The van der Waals surface area contributed by atoms with Crippen molar-refractivity contribution in [3.8, 4) is 28.5 Å². The summed E-state index contributed by atoms with van der Waals surface area (Å²) in [7, 11) is 0. The lowest BCUT2D eigenvalue weighted by atomic mass is 9.98. The molecule has 0 aliphatic heterocycles. The van der Waals surface area contributed by atoms with E-state index in [0.29, 0.717) is 39.3 Å². The molecule has 2 aromatic carbocycles. The molecule has 0 atom stereocenters. The lowest BCUT2D eigenvalue weighted by molar-refractivity contribution is 0.619. The Morgan fingerprint density at radius 3 is 2.38 bits per heavy atom. The molecule has 1 heterocycles. The predicted octanol–water partition coefficient (Wildman–Crippen LogP) is 3.73. The Labute approximate surface area is 138 Å². The lowest BCUT2D eigenvalue weighted by Crippen LogP contribution is -2.14. The van der Waals surface area contributed by atoms with E-state index in [-0.39, 0.29) is 11.4 Å². The zero-order valence-corrected chi connectivity index (χ0v) is 13.2. The minimum Gasteiger partial charge on any atom is -0.310 e. The first-order valence-electron chi connectivity index (χ1n) is 7.37. The highest BCUT2D eigenvalue weighted by Crippen LogP contribution is 2.28. The van der Waals surface area contributed by atoms with Crippen LogP contribution in [0.1, 0.15) is 17.0 Å². The molecular weight excluding hydrogens is 305 g/mol. The molecule has 1 N–H and O–H groups in total. The van der Waals surface area contributed by atoms with Crippen molar-refractivity contribution < 1.29 is 4.39 Å². The number of aromatic nitrogens is 2. The van der Waals surface area contributed by atoms with E-state index >= 15 is 0 Å². The van der Waals surface area contributed by atoms with Gasteiger partial charge in [-0.15, -0.1) is 0 Å². The number of halogens is 1. The summed E-state index contributed by atoms with van der Waals surface area (Å²) in [5.41, 5.74) is 2.63. The monoisotopic (exact) mass is 319 g/mol. The number of hydrogen-bond donors (Lipinski definition) is 1. The number of benzene rings is 2. The summed E-state index contributed by atoms with van der Waals surface area (Å²) in [6.07, 6.45) is 0. The van der Waals surface area contributed by atoms with Gasteiger partial charge in [0.25, 0.3) is 5.56 Å². The number of aromatic amines is 1. The summed E-state index contributed by atoms with van der Waals surface area (Å²) in [5.74, 6) is 0.0916. The zero-order valence-electron chi connectivity index (χ0n) is 13.2. The molecule has 0 aliphatic rings. The molecule has 3 rings (SSSR count). The van der Waals surface area contributed by atoms with E-state index in [1.54, 1.807) is 50.2 Å². The molecular formula is C19H14FN3O. The molecule has 3 aromatic rings. The van der Waals surface area contributed by atoms with E-state index in [1.807, 2.05) is 0 Å². The SMILES string of the molecule is Cc1nc(-c2ccc(C#N)cc2)c(-c2ccc(C)c(F)c2)c(=O)[nH]1. The Balaban J connectivity index is 2.27. The third-order valence-electron chi connectivity index (χ3n) is 3.79. The van der Waals surface area contributed by atoms with Crippen LogP contribution in [0.25, 0.3) is 22.4 Å². The molecule has 0 saturated carbocycles. The molecule has 0 aliphatic carbocycles. The first-order chi connectivity index (χ1) is 11.5. The largest absolute Gasteiger partial charge is 0.310 e. The van der Waals surface area contributed by atoms with Crippen LogP contribution in [-0.2, 0) is 0 Å². The summed E-state index contributed by atoms with van der Waals surface area (Å²) in [4.78, 5) is 19.6. The first kappa shape index (κ1) is 15.6. The normalized spacial score (nSPS) is 10.4. The fraction of sp³-hybridized carbons (Fsp3) is 0.105. The fourth-order valence-electron chi connectivity index (χ4n) is 2.51. The van der Waals surface area contributed by atoms with Gasteiger partial charge in [0.2, 0.25) is 0 Å². The smallest absolute Gasteiger partial charge is 0.259 e. The van der Waals surface area contributed by atoms with Crippen molar-refractivity contribution in [2.75, 3.05) is 0 Å². The lowest BCUT2D eigenvalue weighted by Gasteiger charge is -2.10. The van der Waals surface area contributed by atoms with Gasteiger partial charge in [-0.2, -0.15) is 5.26 Å². The Morgan fingerprint density at radius 2 is 1.75 bits per heavy atom. The minimum absolute atomic E-state index is 0.309. The van der Waals surface area contributed by atoms with Crippen LogP contribution in [-0.4, -0.2) is 9.97 Å². The van der Waals surface area contributed by atoms with Crippen molar-refractivity contribution in [2.45, 2.75) is 13.8 Å². The third kappa shape index (κ3) is 2.82. The van der Waals surface area contributed by atoms with Crippen LogP contribution in [0.2, 0.25) is 0 Å². The number of nitriles is 1. The maximum absolute atomic E-state index is 13.9. The van der Waals surface area contributed by atoms with Crippen LogP contribution in [0.3, 0.4) is 0 Å². The maximum atomic E-state index is 13.9. The highest BCUT2D eigenvalue weighted by atomic mass is 19.1. The molecule has 24 heavy (non-hydrogen) atoms. The van der Waals surface area contributed by atoms with Crippen LogP contribution in [0, 0.1) is 31.0 Å². The van der Waals surface area contributed by atoms with Gasteiger partial charge in [-0.1, -0.05) is 24.3 Å². The van der Waals surface area contributed by atoms with Crippen LogP contribution in [0.4, 0.5) is 4.39 Å². The van der Waals surface area contributed by atoms with E-state index in [2.05, 4.69) is 16.0 Å². The van der Waals surface area contributed by atoms with Gasteiger partial charge >= 0.3 is 0 Å². The average Bonchev–Trinajstić information content (AvgIpc) is 2.57. The highest BCUT2D eigenvalue weighted by molar-refractivity contribution is 5.80. The summed E-state index contributed by atoms with van der Waals surface area (Å²) in [5, 5.41) is 8.91. The Kier molecular flexibility index (Phi) is 3.97. The number of hydrogen-bond acceptors (Lipinski definition) is 3. The van der Waals surface area contributed by atoms with Gasteiger partial charge in [-0.3, -0.25) is 4.79 Å². The van der Waals surface area contributed by atoms with Crippen LogP contribution in [0.15, 0.2) is 47.3 Å². The molecule has 0 bridgehead atoms. The van der Waals surface area contributed by atoms with E-state index in [4.69, 9.17) is 5.26 Å². The van der Waals surface area contributed by atoms with Gasteiger partial charge in [-0.05, 0) is 43.2 Å². The van der Waals surface area contributed by atoms with Crippen LogP contribution >= 0.6 is 0 Å². The molecule has 0 amide bonds. The van der Waals surface area contributed by atoms with Crippen LogP contribution < -0.4 is 5.56 Å². The van der Waals surface area contributed by atoms with Gasteiger partial charge in [0.15, 0.2) is 0 Å². The molecule has 1 aromatic heterocycles. The second kappa shape index (κ2) is 6.09. The third-order valence-corrected chi connectivity index (χ3v) is 3.79. The average molecular weight is 319 g/mol. The second-order valence-corrected chi connectivity index (χ2v) is 5.53. The summed E-state index contributed by atoms with van der Waals surface area (Å²) >= 11 is 0.